The van der Waals surface area contributed by atoms with Crippen molar-refractivity contribution in [3.63, 3.8) is 0 Å². The molecule has 0 aromatic heterocycles. The first-order valence-corrected chi connectivity index (χ1v) is 3.90. The number of rotatable bonds is 2. The number of nitrogen functional groups attached to an aromatic ring is 1. The van der Waals surface area contributed by atoms with Gasteiger partial charge in [-0.3, -0.25) is 0 Å². The molecule has 1 nitrogen and oxygen atoms in total. The monoisotopic (exact) mass is 159 g/mol. The van der Waals surface area contributed by atoms with Crippen LogP contribution in [0.1, 0.15) is 11.1 Å². The Morgan fingerprint density at radius 3 is 2.75 bits per heavy atom. The molecule has 1 heteroatoms. The molecule has 1 rings (SSSR count). The van der Waals surface area contributed by atoms with E-state index in [1.54, 1.807) is 6.08 Å². The van der Waals surface area contributed by atoms with E-state index >= 15 is 0 Å². The van der Waals surface area contributed by atoms with Gasteiger partial charge in [0.1, 0.15) is 0 Å². The maximum atomic E-state index is 5.78. The second-order valence-corrected chi connectivity index (χ2v) is 2.67. The maximum absolute atomic E-state index is 5.78. The Hall–Kier alpha value is -1.50. The van der Waals surface area contributed by atoms with Gasteiger partial charge in [0.15, 0.2) is 0 Å². The molecule has 12 heavy (non-hydrogen) atoms. The van der Waals surface area contributed by atoms with Crippen LogP contribution in [0.25, 0.3) is 6.08 Å². The van der Waals surface area contributed by atoms with Crippen molar-refractivity contribution in [3.8, 4) is 0 Å². The van der Waals surface area contributed by atoms with Crippen molar-refractivity contribution in [3.05, 3.63) is 48.1 Å². The van der Waals surface area contributed by atoms with Crippen molar-refractivity contribution in [2.45, 2.75) is 6.92 Å². The summed E-state index contributed by atoms with van der Waals surface area (Å²) in [6.45, 7) is 5.65. The van der Waals surface area contributed by atoms with Crippen LogP contribution in [-0.4, -0.2) is 0 Å². The van der Waals surface area contributed by atoms with E-state index in [1.165, 1.54) is 5.56 Å². The van der Waals surface area contributed by atoms with E-state index in [4.69, 9.17) is 5.73 Å². The van der Waals surface area contributed by atoms with Gasteiger partial charge in [0.25, 0.3) is 0 Å². The number of hydrogen-bond donors (Lipinski definition) is 1. The average Bonchev–Trinajstić information content (AvgIpc) is 2.04. The predicted molar refractivity (Wildman–Crippen MR) is 54.8 cm³/mol. The van der Waals surface area contributed by atoms with Crippen molar-refractivity contribution in [2.75, 3.05) is 5.73 Å². The zero-order valence-corrected chi connectivity index (χ0v) is 7.25. The molecule has 0 aliphatic heterocycles. The predicted octanol–water partition coefficient (Wildman–Crippen LogP) is 2.78. The molecule has 0 bridgehead atoms. The first kappa shape index (κ1) is 8.60. The number of nitrogens with two attached hydrogens (primary N) is 1. The summed E-state index contributed by atoms with van der Waals surface area (Å²) in [5.41, 5.74) is 8.86. The van der Waals surface area contributed by atoms with Crippen molar-refractivity contribution in [2.24, 2.45) is 0 Å². The van der Waals surface area contributed by atoms with Crippen LogP contribution < -0.4 is 5.73 Å². The lowest BCUT2D eigenvalue weighted by molar-refractivity contribution is 1.44. The molecule has 0 saturated carbocycles. The highest BCUT2D eigenvalue weighted by molar-refractivity contribution is 5.67. The number of hydrogen-bond acceptors (Lipinski definition) is 1. The Morgan fingerprint density at radius 1 is 1.42 bits per heavy atom. The van der Waals surface area contributed by atoms with Crippen molar-refractivity contribution in [1.29, 1.82) is 0 Å². The van der Waals surface area contributed by atoms with Crippen LogP contribution in [0.15, 0.2) is 36.9 Å². The van der Waals surface area contributed by atoms with Gasteiger partial charge in [-0.25, -0.2) is 0 Å². The van der Waals surface area contributed by atoms with Gasteiger partial charge in [-0.15, -0.1) is 0 Å². The fourth-order valence-corrected chi connectivity index (χ4v) is 1.10. The van der Waals surface area contributed by atoms with Gasteiger partial charge in [0, 0.05) is 11.3 Å². The lowest BCUT2D eigenvalue weighted by Crippen LogP contribution is -1.90. The SMILES string of the molecule is C=C/C=C\c1c(C)cccc1N. The van der Waals surface area contributed by atoms with E-state index in [9.17, 15) is 0 Å². The molecule has 1 aromatic carbocycles. The molecule has 0 aliphatic carbocycles. The zero-order valence-electron chi connectivity index (χ0n) is 7.25. The van der Waals surface area contributed by atoms with E-state index in [0.717, 1.165) is 11.3 Å². The van der Waals surface area contributed by atoms with E-state index in [2.05, 4.69) is 6.58 Å². The molecule has 2 N–H and O–H groups in total. The van der Waals surface area contributed by atoms with E-state index in [1.807, 2.05) is 37.3 Å². The van der Waals surface area contributed by atoms with Crippen molar-refractivity contribution >= 4 is 11.8 Å². The summed E-state index contributed by atoms with van der Waals surface area (Å²) in [5, 5.41) is 0. The van der Waals surface area contributed by atoms with Crippen molar-refractivity contribution in [1.82, 2.24) is 0 Å². The molecule has 0 unspecified atom stereocenters. The molecule has 0 spiro atoms. The lowest BCUT2D eigenvalue weighted by Gasteiger charge is -2.02. The summed E-state index contributed by atoms with van der Waals surface area (Å²) in [6.07, 6.45) is 5.60. The van der Waals surface area contributed by atoms with Gasteiger partial charge in [-0.1, -0.05) is 36.9 Å². The minimum absolute atomic E-state index is 0.813. The topological polar surface area (TPSA) is 26.0 Å². The van der Waals surface area contributed by atoms with E-state index in [0.29, 0.717) is 0 Å². The highest BCUT2D eigenvalue weighted by atomic mass is 14.6. The van der Waals surface area contributed by atoms with E-state index in [-0.39, 0.29) is 0 Å². The smallest absolute Gasteiger partial charge is 0.0390 e. The van der Waals surface area contributed by atoms with Gasteiger partial charge in [-0.05, 0) is 18.6 Å². The molecule has 0 saturated heterocycles. The van der Waals surface area contributed by atoms with Crippen LogP contribution in [0.5, 0.6) is 0 Å². The molecule has 1 aromatic rings. The molecule has 0 aliphatic rings. The Bertz CT molecular complexity index is 291. The zero-order chi connectivity index (χ0) is 8.97. The van der Waals surface area contributed by atoms with Gasteiger partial charge in [0.05, 0.1) is 0 Å². The molecular weight excluding hydrogens is 146 g/mol. The Balaban J connectivity index is 3.12. The average molecular weight is 159 g/mol. The third kappa shape index (κ3) is 1.76. The van der Waals surface area contributed by atoms with Crippen LogP contribution in [0.3, 0.4) is 0 Å². The van der Waals surface area contributed by atoms with Gasteiger partial charge >= 0.3 is 0 Å². The summed E-state index contributed by atoms with van der Waals surface area (Å²) >= 11 is 0. The van der Waals surface area contributed by atoms with Gasteiger partial charge in [0.2, 0.25) is 0 Å². The van der Waals surface area contributed by atoms with Crippen LogP contribution in [0.2, 0.25) is 0 Å². The normalized spacial score (nSPS) is 10.4. The summed E-state index contributed by atoms with van der Waals surface area (Å²) in [5.74, 6) is 0. The summed E-state index contributed by atoms with van der Waals surface area (Å²) < 4.78 is 0. The quantitative estimate of drug-likeness (QED) is 0.521. The van der Waals surface area contributed by atoms with Crippen LogP contribution >= 0.6 is 0 Å². The fraction of sp³-hybridized carbons (Fsp3) is 0.0909. The molecule has 0 amide bonds. The van der Waals surface area contributed by atoms with Gasteiger partial charge < -0.3 is 5.73 Å². The number of aryl methyl sites for hydroxylation is 1. The maximum Gasteiger partial charge on any atom is 0.0390 e. The van der Waals surface area contributed by atoms with Gasteiger partial charge in [-0.2, -0.15) is 0 Å². The molecular formula is C11H13N. The second kappa shape index (κ2) is 3.77. The molecule has 62 valence electrons. The largest absolute Gasteiger partial charge is 0.398 e. The molecule has 0 radical (unpaired) electrons. The Labute approximate surface area is 73.2 Å². The summed E-state index contributed by atoms with van der Waals surface area (Å²) in [4.78, 5) is 0. The Morgan fingerprint density at radius 2 is 2.17 bits per heavy atom. The minimum atomic E-state index is 0.813. The number of benzene rings is 1. The van der Waals surface area contributed by atoms with Crippen LogP contribution in [0.4, 0.5) is 5.69 Å². The van der Waals surface area contributed by atoms with Crippen LogP contribution in [-0.2, 0) is 0 Å². The third-order valence-electron chi connectivity index (χ3n) is 1.76. The van der Waals surface area contributed by atoms with Crippen molar-refractivity contribution < 1.29 is 0 Å². The number of anilines is 1. The number of allylic oxidation sites excluding steroid dienone is 2. The lowest BCUT2D eigenvalue weighted by atomic mass is 10.1. The Kier molecular flexibility index (Phi) is 2.70. The van der Waals surface area contributed by atoms with E-state index < -0.39 is 0 Å². The standard InChI is InChI=1S/C11H13N/c1-3-4-7-10-9(2)6-5-8-11(10)12/h3-8H,1,12H2,2H3/b7-4-. The van der Waals surface area contributed by atoms with Crippen LogP contribution in [0, 0.1) is 6.92 Å². The molecule has 0 heterocycles. The first-order chi connectivity index (χ1) is 5.75. The fourth-order valence-electron chi connectivity index (χ4n) is 1.10. The third-order valence-corrected chi connectivity index (χ3v) is 1.76. The summed E-state index contributed by atoms with van der Waals surface area (Å²) in [7, 11) is 0. The summed E-state index contributed by atoms with van der Waals surface area (Å²) in [6, 6.07) is 5.89. The highest BCUT2D eigenvalue weighted by Crippen LogP contribution is 2.17. The first-order valence-electron chi connectivity index (χ1n) is 3.90. The molecule has 0 fully saturated rings. The second-order valence-electron chi connectivity index (χ2n) is 2.67. The highest BCUT2D eigenvalue weighted by Gasteiger charge is 1.96. The molecule has 0 atom stereocenters. The minimum Gasteiger partial charge on any atom is -0.398 e.